The van der Waals surface area contributed by atoms with Crippen LogP contribution in [0, 0.1) is 0 Å². The molecular weight excluding hydrogens is 202 g/mol. The third-order valence-corrected chi connectivity index (χ3v) is 3.77. The first kappa shape index (κ1) is 11.7. The number of carbonyl (C=O) groups excluding carboxylic acids is 1. The SMILES string of the molecule is NCC1CCCN1C(=O)N1CCCCCC1. The fraction of sp³-hybridized carbons (Fsp3) is 0.917. The molecule has 4 heteroatoms. The number of nitrogens with two attached hydrogens (primary N) is 1. The van der Waals surface area contributed by atoms with Crippen molar-refractivity contribution in [2.45, 2.75) is 44.6 Å². The molecule has 1 atom stereocenters. The molecule has 2 N–H and O–H groups in total. The highest BCUT2D eigenvalue weighted by Gasteiger charge is 2.30. The molecule has 0 spiro atoms. The summed E-state index contributed by atoms with van der Waals surface area (Å²) in [6, 6.07) is 0.519. The number of carbonyl (C=O) groups is 1. The fourth-order valence-electron chi connectivity index (χ4n) is 2.78. The van der Waals surface area contributed by atoms with Gasteiger partial charge in [-0.05, 0) is 25.7 Å². The van der Waals surface area contributed by atoms with Crippen LogP contribution < -0.4 is 5.73 Å². The van der Waals surface area contributed by atoms with Crippen LogP contribution in [0.15, 0.2) is 0 Å². The van der Waals surface area contributed by atoms with Gasteiger partial charge in [0.25, 0.3) is 0 Å². The van der Waals surface area contributed by atoms with Crippen LogP contribution in [0.25, 0.3) is 0 Å². The molecule has 16 heavy (non-hydrogen) atoms. The summed E-state index contributed by atoms with van der Waals surface area (Å²) in [7, 11) is 0. The highest BCUT2D eigenvalue weighted by molar-refractivity contribution is 5.75. The summed E-state index contributed by atoms with van der Waals surface area (Å²) < 4.78 is 0. The van der Waals surface area contributed by atoms with Gasteiger partial charge in [-0.1, -0.05) is 12.8 Å². The monoisotopic (exact) mass is 225 g/mol. The topological polar surface area (TPSA) is 49.6 Å². The van der Waals surface area contributed by atoms with Crippen molar-refractivity contribution < 1.29 is 4.79 Å². The summed E-state index contributed by atoms with van der Waals surface area (Å²) in [4.78, 5) is 16.3. The van der Waals surface area contributed by atoms with Gasteiger partial charge >= 0.3 is 6.03 Å². The lowest BCUT2D eigenvalue weighted by Gasteiger charge is -2.30. The second-order valence-corrected chi connectivity index (χ2v) is 4.91. The van der Waals surface area contributed by atoms with Gasteiger partial charge in [0.05, 0.1) is 0 Å². The minimum absolute atomic E-state index is 0.231. The van der Waals surface area contributed by atoms with Gasteiger partial charge in [-0.3, -0.25) is 0 Å². The molecule has 0 bridgehead atoms. The van der Waals surface area contributed by atoms with Crippen LogP contribution in [0.4, 0.5) is 4.79 Å². The van der Waals surface area contributed by atoms with Crippen molar-refractivity contribution in [3.05, 3.63) is 0 Å². The summed E-state index contributed by atoms with van der Waals surface area (Å²) in [5.41, 5.74) is 5.71. The second-order valence-electron chi connectivity index (χ2n) is 4.91. The number of rotatable bonds is 1. The van der Waals surface area contributed by atoms with Crippen LogP contribution in [0.3, 0.4) is 0 Å². The highest BCUT2D eigenvalue weighted by Crippen LogP contribution is 2.20. The van der Waals surface area contributed by atoms with E-state index in [9.17, 15) is 4.79 Å². The molecule has 2 rings (SSSR count). The van der Waals surface area contributed by atoms with Crippen molar-refractivity contribution in [2.75, 3.05) is 26.2 Å². The Morgan fingerprint density at radius 1 is 1.06 bits per heavy atom. The van der Waals surface area contributed by atoms with Gasteiger partial charge in [-0.25, -0.2) is 4.79 Å². The van der Waals surface area contributed by atoms with E-state index in [2.05, 4.69) is 0 Å². The summed E-state index contributed by atoms with van der Waals surface area (Å²) in [5.74, 6) is 0. The molecule has 0 aromatic carbocycles. The maximum atomic E-state index is 12.3. The van der Waals surface area contributed by atoms with Crippen molar-refractivity contribution in [1.29, 1.82) is 0 Å². The van der Waals surface area contributed by atoms with E-state index in [1.807, 2.05) is 9.80 Å². The average molecular weight is 225 g/mol. The molecule has 2 fully saturated rings. The zero-order chi connectivity index (χ0) is 11.4. The van der Waals surface area contributed by atoms with Crippen LogP contribution >= 0.6 is 0 Å². The molecule has 4 nitrogen and oxygen atoms in total. The molecule has 0 aromatic heterocycles. The fourth-order valence-corrected chi connectivity index (χ4v) is 2.78. The van der Waals surface area contributed by atoms with Crippen molar-refractivity contribution >= 4 is 6.03 Å². The highest BCUT2D eigenvalue weighted by atomic mass is 16.2. The Labute approximate surface area is 97.8 Å². The Morgan fingerprint density at radius 3 is 2.38 bits per heavy atom. The average Bonchev–Trinajstić information content (AvgIpc) is 2.61. The molecule has 2 aliphatic heterocycles. The molecule has 92 valence electrons. The van der Waals surface area contributed by atoms with E-state index in [0.29, 0.717) is 6.54 Å². The van der Waals surface area contributed by atoms with Crippen LogP contribution in [0.1, 0.15) is 38.5 Å². The Morgan fingerprint density at radius 2 is 1.75 bits per heavy atom. The molecule has 2 saturated heterocycles. The molecule has 0 radical (unpaired) electrons. The van der Waals surface area contributed by atoms with E-state index in [0.717, 1.165) is 45.3 Å². The van der Waals surface area contributed by atoms with E-state index in [1.54, 1.807) is 0 Å². The van der Waals surface area contributed by atoms with E-state index in [4.69, 9.17) is 5.73 Å². The van der Waals surface area contributed by atoms with Crippen LogP contribution in [-0.4, -0.2) is 48.1 Å². The largest absolute Gasteiger partial charge is 0.328 e. The van der Waals surface area contributed by atoms with Crippen LogP contribution in [-0.2, 0) is 0 Å². The molecule has 2 amide bonds. The van der Waals surface area contributed by atoms with Gasteiger partial charge in [-0.2, -0.15) is 0 Å². The van der Waals surface area contributed by atoms with Gasteiger partial charge in [0.1, 0.15) is 0 Å². The first-order valence-electron chi connectivity index (χ1n) is 6.58. The van der Waals surface area contributed by atoms with E-state index < -0.39 is 0 Å². The summed E-state index contributed by atoms with van der Waals surface area (Å²) in [6.45, 7) is 3.38. The van der Waals surface area contributed by atoms with Crippen molar-refractivity contribution in [3.63, 3.8) is 0 Å². The predicted molar refractivity (Wildman–Crippen MR) is 64.2 cm³/mol. The van der Waals surface area contributed by atoms with E-state index in [-0.39, 0.29) is 12.1 Å². The zero-order valence-electron chi connectivity index (χ0n) is 10.0. The molecule has 0 aromatic rings. The smallest absolute Gasteiger partial charge is 0.320 e. The van der Waals surface area contributed by atoms with Gasteiger partial charge in [-0.15, -0.1) is 0 Å². The quantitative estimate of drug-likeness (QED) is 0.733. The molecule has 1 unspecified atom stereocenters. The summed E-state index contributed by atoms with van der Waals surface area (Å²) >= 11 is 0. The number of likely N-dealkylation sites (tertiary alicyclic amines) is 2. The predicted octanol–water partition coefficient (Wildman–Crippen LogP) is 1.41. The number of nitrogens with zero attached hydrogens (tertiary/aromatic N) is 2. The summed E-state index contributed by atoms with van der Waals surface area (Å²) in [6.07, 6.45) is 7.05. The normalized spacial score (nSPS) is 26.9. The molecule has 2 heterocycles. The Balaban J connectivity index is 1.94. The van der Waals surface area contributed by atoms with Gasteiger partial charge in [0, 0.05) is 32.2 Å². The Hall–Kier alpha value is -0.770. The van der Waals surface area contributed by atoms with Gasteiger partial charge in [0.15, 0.2) is 0 Å². The van der Waals surface area contributed by atoms with Crippen LogP contribution in [0.2, 0.25) is 0 Å². The first-order valence-corrected chi connectivity index (χ1v) is 6.58. The van der Waals surface area contributed by atoms with Crippen LogP contribution in [0.5, 0.6) is 0 Å². The van der Waals surface area contributed by atoms with E-state index in [1.165, 1.54) is 12.8 Å². The lowest BCUT2D eigenvalue weighted by atomic mass is 10.2. The summed E-state index contributed by atoms with van der Waals surface area (Å²) in [5, 5.41) is 0. The Bertz CT molecular complexity index is 236. The number of hydrogen-bond donors (Lipinski definition) is 1. The number of hydrogen-bond acceptors (Lipinski definition) is 2. The van der Waals surface area contributed by atoms with E-state index >= 15 is 0 Å². The van der Waals surface area contributed by atoms with Crippen molar-refractivity contribution in [3.8, 4) is 0 Å². The maximum absolute atomic E-state index is 12.3. The molecular formula is C12H23N3O. The minimum Gasteiger partial charge on any atom is -0.328 e. The Kier molecular flexibility index (Phi) is 4.04. The van der Waals surface area contributed by atoms with Crippen molar-refractivity contribution in [1.82, 2.24) is 9.80 Å². The lowest BCUT2D eigenvalue weighted by Crippen LogP contribution is -2.47. The molecule has 0 aliphatic carbocycles. The standard InChI is InChI=1S/C12H23N3O/c13-10-11-6-5-9-15(11)12(16)14-7-3-1-2-4-8-14/h11H,1-10,13H2. The third kappa shape index (κ3) is 2.48. The van der Waals surface area contributed by atoms with Gasteiger partial charge < -0.3 is 15.5 Å². The zero-order valence-corrected chi connectivity index (χ0v) is 10.0. The third-order valence-electron chi connectivity index (χ3n) is 3.77. The number of urea groups is 1. The molecule has 2 aliphatic rings. The number of amides is 2. The maximum Gasteiger partial charge on any atom is 0.320 e. The first-order chi connectivity index (χ1) is 7.83. The molecule has 0 saturated carbocycles. The van der Waals surface area contributed by atoms with Crippen molar-refractivity contribution in [2.24, 2.45) is 5.73 Å². The van der Waals surface area contributed by atoms with Gasteiger partial charge in [0.2, 0.25) is 0 Å². The lowest BCUT2D eigenvalue weighted by molar-refractivity contribution is 0.150. The second kappa shape index (κ2) is 5.53. The minimum atomic E-state index is 0.231.